The number of imide groups is 1. The lowest BCUT2D eigenvalue weighted by atomic mass is 9.84. The molecule has 0 saturated heterocycles. The molecule has 2 aliphatic rings. The predicted octanol–water partition coefficient (Wildman–Crippen LogP) is 7.01. The predicted molar refractivity (Wildman–Crippen MR) is 146 cm³/mol. The molecule has 1 aliphatic heterocycles. The summed E-state index contributed by atoms with van der Waals surface area (Å²) in [6, 6.07) is 12.6. The summed E-state index contributed by atoms with van der Waals surface area (Å²) in [6.45, 7) is -0.578. The van der Waals surface area contributed by atoms with Gasteiger partial charge in [0.15, 0.2) is 0 Å². The van der Waals surface area contributed by atoms with Crippen molar-refractivity contribution in [1.29, 1.82) is 5.26 Å². The summed E-state index contributed by atoms with van der Waals surface area (Å²) < 4.78 is 89.1. The molecule has 230 valence electrons. The number of nitrogens with zero attached hydrogens (tertiary/aromatic N) is 3. The SMILES string of the molecule is COCC(=O)N(CC1(C#N)CC1)C(=O)c1ccc(C2=NOC(c3cc(Cl)cc(C(F)(F)F)c3)(C(F)(F)F)C2)c2ccccc12. The van der Waals surface area contributed by atoms with E-state index in [1.165, 1.54) is 31.4 Å². The number of fused-ring (bicyclic) bond motifs is 1. The molecule has 1 fully saturated rings. The van der Waals surface area contributed by atoms with Crippen molar-refractivity contribution >= 4 is 39.9 Å². The molecule has 14 heteroatoms. The number of rotatable bonds is 7. The van der Waals surface area contributed by atoms with Gasteiger partial charge in [0.05, 0.1) is 22.8 Å². The number of alkyl halides is 6. The van der Waals surface area contributed by atoms with E-state index in [0.29, 0.717) is 25.0 Å². The number of oxime groups is 1. The molecule has 1 atom stereocenters. The van der Waals surface area contributed by atoms with Crippen molar-refractivity contribution in [3.05, 3.63) is 81.9 Å². The summed E-state index contributed by atoms with van der Waals surface area (Å²) in [4.78, 5) is 32.5. The summed E-state index contributed by atoms with van der Waals surface area (Å²) in [7, 11) is 1.28. The van der Waals surface area contributed by atoms with E-state index in [1.807, 2.05) is 0 Å². The monoisotopic (exact) mass is 637 g/mol. The van der Waals surface area contributed by atoms with Crippen LogP contribution in [0, 0.1) is 16.7 Å². The van der Waals surface area contributed by atoms with Crippen LogP contribution in [-0.2, 0) is 26.1 Å². The molecule has 2 amide bonds. The Kier molecular flexibility index (Phi) is 7.88. The van der Waals surface area contributed by atoms with Crippen LogP contribution in [0.25, 0.3) is 10.8 Å². The fourth-order valence-electron chi connectivity index (χ4n) is 5.15. The van der Waals surface area contributed by atoms with Crippen LogP contribution in [0.1, 0.15) is 46.3 Å². The maximum absolute atomic E-state index is 14.6. The largest absolute Gasteiger partial charge is 0.435 e. The van der Waals surface area contributed by atoms with E-state index in [-0.39, 0.29) is 34.2 Å². The van der Waals surface area contributed by atoms with Gasteiger partial charge in [0.2, 0.25) is 0 Å². The van der Waals surface area contributed by atoms with E-state index in [2.05, 4.69) is 11.2 Å². The molecular weight excluding hydrogens is 616 g/mol. The Labute approximate surface area is 251 Å². The van der Waals surface area contributed by atoms with Crippen LogP contribution in [0.2, 0.25) is 5.02 Å². The van der Waals surface area contributed by atoms with Crippen LogP contribution in [-0.4, -0.2) is 48.9 Å². The van der Waals surface area contributed by atoms with Crippen molar-refractivity contribution in [1.82, 2.24) is 4.90 Å². The Hall–Kier alpha value is -4.15. The highest BCUT2D eigenvalue weighted by atomic mass is 35.5. The summed E-state index contributed by atoms with van der Waals surface area (Å²) in [5.41, 5.74) is -6.47. The minimum Gasteiger partial charge on any atom is -0.375 e. The lowest BCUT2D eigenvalue weighted by molar-refractivity contribution is -0.276. The second kappa shape index (κ2) is 11.1. The topological polar surface area (TPSA) is 92.0 Å². The molecule has 5 rings (SSSR count). The highest BCUT2D eigenvalue weighted by Crippen LogP contribution is 2.51. The van der Waals surface area contributed by atoms with Crippen LogP contribution >= 0.6 is 11.6 Å². The fraction of sp³-hybridized carbons (Fsp3) is 0.333. The van der Waals surface area contributed by atoms with Gasteiger partial charge in [-0.25, -0.2) is 0 Å². The molecule has 0 spiro atoms. The van der Waals surface area contributed by atoms with Gasteiger partial charge in [-0.1, -0.05) is 47.1 Å². The lowest BCUT2D eigenvalue weighted by Gasteiger charge is -2.30. The summed E-state index contributed by atoms with van der Waals surface area (Å²) in [5.74, 6) is -1.40. The first-order valence-corrected chi connectivity index (χ1v) is 13.5. The van der Waals surface area contributed by atoms with Crippen molar-refractivity contribution in [2.75, 3.05) is 20.3 Å². The van der Waals surface area contributed by atoms with Crippen molar-refractivity contribution in [2.24, 2.45) is 10.6 Å². The number of amides is 2. The summed E-state index contributed by atoms with van der Waals surface area (Å²) >= 11 is 5.80. The minimum atomic E-state index is -5.21. The zero-order chi connectivity index (χ0) is 32.1. The number of carbonyl (C=O) groups is 2. The van der Waals surface area contributed by atoms with Crippen LogP contribution in [0.15, 0.2) is 59.8 Å². The van der Waals surface area contributed by atoms with Gasteiger partial charge in [0.1, 0.15) is 6.61 Å². The maximum atomic E-state index is 14.6. The third-order valence-electron chi connectivity index (χ3n) is 7.71. The average molecular weight is 638 g/mol. The summed E-state index contributed by atoms with van der Waals surface area (Å²) in [5, 5.41) is 13.2. The van der Waals surface area contributed by atoms with Gasteiger partial charge in [0.25, 0.3) is 17.4 Å². The van der Waals surface area contributed by atoms with E-state index in [0.717, 1.165) is 11.0 Å². The first-order chi connectivity index (χ1) is 20.6. The Balaban J connectivity index is 1.56. The number of methoxy groups -OCH3 is 1. The molecule has 7 nitrogen and oxygen atoms in total. The molecule has 0 radical (unpaired) electrons. The second-order valence-electron chi connectivity index (χ2n) is 10.7. The van der Waals surface area contributed by atoms with Gasteiger partial charge in [-0.15, -0.1) is 0 Å². The Morgan fingerprint density at radius 3 is 2.34 bits per heavy atom. The van der Waals surface area contributed by atoms with E-state index in [1.54, 1.807) is 12.1 Å². The number of halogens is 7. The van der Waals surface area contributed by atoms with Gasteiger partial charge in [0, 0.05) is 41.8 Å². The van der Waals surface area contributed by atoms with Crippen LogP contribution in [0.4, 0.5) is 26.3 Å². The standard InChI is InChI=1S/C30H22ClF6N3O4/c1-43-14-25(41)40(16-27(15-38)8-9-27)26(42)23-7-6-22(20-4-2-3-5-21(20)23)24-13-28(44-39-24,30(35,36)37)17-10-18(29(32,33)34)12-19(31)11-17/h2-7,10-12H,8-9,13-14,16H2,1H3. The molecule has 1 heterocycles. The minimum absolute atomic E-state index is 0.0359. The van der Waals surface area contributed by atoms with Crippen molar-refractivity contribution < 1.29 is 45.5 Å². The molecule has 0 bridgehead atoms. The molecular formula is C30H22ClF6N3O4. The maximum Gasteiger partial charge on any atom is 0.435 e. The summed E-state index contributed by atoms with van der Waals surface area (Å²) in [6.07, 6.45) is -10.2. The average Bonchev–Trinajstić information content (AvgIpc) is 3.60. The number of ether oxygens (including phenoxy) is 1. The molecule has 0 N–H and O–H groups in total. The normalized spacial score (nSPS) is 19.2. The van der Waals surface area contributed by atoms with Crippen LogP contribution in [0.3, 0.4) is 0 Å². The number of hydrogen-bond acceptors (Lipinski definition) is 6. The lowest BCUT2D eigenvalue weighted by Crippen LogP contribution is -2.43. The van der Waals surface area contributed by atoms with Gasteiger partial charge in [-0.2, -0.15) is 31.6 Å². The first-order valence-electron chi connectivity index (χ1n) is 13.1. The third-order valence-corrected chi connectivity index (χ3v) is 7.93. The smallest absolute Gasteiger partial charge is 0.375 e. The van der Waals surface area contributed by atoms with Gasteiger partial charge < -0.3 is 9.57 Å². The van der Waals surface area contributed by atoms with Gasteiger partial charge >= 0.3 is 12.4 Å². The zero-order valence-electron chi connectivity index (χ0n) is 22.9. The Morgan fingerprint density at radius 1 is 1.07 bits per heavy atom. The molecule has 44 heavy (non-hydrogen) atoms. The number of carbonyl (C=O) groups excluding carboxylic acids is 2. The number of hydrogen-bond donors (Lipinski definition) is 0. The third kappa shape index (κ3) is 5.59. The van der Waals surface area contributed by atoms with Crippen molar-refractivity contribution in [3.8, 4) is 6.07 Å². The highest BCUT2D eigenvalue weighted by molar-refractivity contribution is 6.30. The molecule has 1 unspecified atom stereocenters. The van der Waals surface area contributed by atoms with E-state index in [4.69, 9.17) is 21.2 Å². The van der Waals surface area contributed by atoms with Gasteiger partial charge in [-0.05, 0) is 47.9 Å². The van der Waals surface area contributed by atoms with Crippen LogP contribution < -0.4 is 0 Å². The molecule has 3 aromatic carbocycles. The van der Waals surface area contributed by atoms with Crippen LogP contribution in [0.5, 0.6) is 0 Å². The fourth-order valence-corrected chi connectivity index (χ4v) is 5.39. The first kappa shape index (κ1) is 31.3. The van der Waals surface area contributed by atoms with Crippen molar-refractivity contribution in [2.45, 2.75) is 37.2 Å². The number of benzene rings is 3. The second-order valence-corrected chi connectivity index (χ2v) is 11.1. The Bertz CT molecular complexity index is 1730. The number of nitriles is 1. The van der Waals surface area contributed by atoms with E-state index < -0.39 is 64.4 Å². The molecule has 1 aliphatic carbocycles. The van der Waals surface area contributed by atoms with Gasteiger partial charge in [-0.3, -0.25) is 14.5 Å². The Morgan fingerprint density at radius 2 is 1.75 bits per heavy atom. The highest BCUT2D eigenvalue weighted by Gasteiger charge is 2.63. The molecule has 1 saturated carbocycles. The zero-order valence-corrected chi connectivity index (χ0v) is 23.6. The quantitative estimate of drug-likeness (QED) is 0.260. The van der Waals surface area contributed by atoms with E-state index >= 15 is 0 Å². The van der Waals surface area contributed by atoms with E-state index in [9.17, 15) is 41.2 Å². The van der Waals surface area contributed by atoms with Crippen molar-refractivity contribution in [3.63, 3.8) is 0 Å². The molecule has 3 aromatic rings. The molecule has 0 aromatic heterocycles.